The molecule has 0 unspecified atom stereocenters. The molecule has 0 aliphatic rings. The van der Waals surface area contributed by atoms with Gasteiger partial charge < -0.3 is 5.73 Å². The molecule has 21 heavy (non-hydrogen) atoms. The molecule has 0 aliphatic heterocycles. The lowest BCUT2D eigenvalue weighted by molar-refractivity contribution is 0.601. The number of fused-ring (bicyclic) bond motifs is 1. The Bertz CT molecular complexity index is 887. The van der Waals surface area contributed by atoms with Gasteiger partial charge in [-0.2, -0.15) is 0 Å². The molecule has 106 valence electrons. The maximum atomic E-state index is 12.3. The van der Waals surface area contributed by atoms with Crippen molar-refractivity contribution in [3.05, 3.63) is 54.9 Å². The number of nitrogens with one attached hydrogen (secondary N) is 1. The van der Waals surface area contributed by atoms with Gasteiger partial charge in [0.25, 0.3) is 10.0 Å². The van der Waals surface area contributed by atoms with E-state index in [0.717, 1.165) is 5.39 Å². The van der Waals surface area contributed by atoms with E-state index in [1.54, 1.807) is 30.5 Å². The molecule has 0 amide bonds. The topological polar surface area (TPSA) is 98.0 Å². The summed E-state index contributed by atoms with van der Waals surface area (Å²) in [5.74, 6) is 0.267. The van der Waals surface area contributed by atoms with E-state index in [4.69, 9.17) is 5.73 Å². The fourth-order valence-electron chi connectivity index (χ4n) is 1.95. The number of benzene rings is 1. The smallest absolute Gasteiger partial charge is 0.263 e. The molecule has 1 aromatic carbocycles. The zero-order valence-corrected chi connectivity index (χ0v) is 11.7. The van der Waals surface area contributed by atoms with Crippen LogP contribution in [-0.4, -0.2) is 18.4 Å². The van der Waals surface area contributed by atoms with Crippen molar-refractivity contribution in [2.24, 2.45) is 0 Å². The van der Waals surface area contributed by atoms with Crippen molar-refractivity contribution < 1.29 is 8.42 Å². The van der Waals surface area contributed by atoms with Crippen molar-refractivity contribution in [2.45, 2.75) is 4.90 Å². The highest BCUT2D eigenvalue weighted by Crippen LogP contribution is 2.24. The summed E-state index contributed by atoms with van der Waals surface area (Å²) in [5, 5.41) is 0.729. The Kier molecular flexibility index (Phi) is 3.19. The lowest BCUT2D eigenvalue weighted by Gasteiger charge is -2.10. The van der Waals surface area contributed by atoms with Crippen LogP contribution in [0, 0.1) is 0 Å². The SMILES string of the molecule is Nc1ccc(S(=O)(=O)Nc2cccc3ncccc23)cn1. The summed E-state index contributed by atoms with van der Waals surface area (Å²) >= 11 is 0. The molecule has 6 nitrogen and oxygen atoms in total. The third kappa shape index (κ3) is 2.63. The van der Waals surface area contributed by atoms with Gasteiger partial charge in [0.2, 0.25) is 0 Å². The second-order valence-corrected chi connectivity index (χ2v) is 6.08. The molecular weight excluding hydrogens is 288 g/mol. The van der Waals surface area contributed by atoms with Crippen LogP contribution in [0.1, 0.15) is 0 Å². The monoisotopic (exact) mass is 300 g/mol. The second kappa shape index (κ2) is 5.02. The number of sulfonamides is 1. The summed E-state index contributed by atoms with van der Waals surface area (Å²) in [5.41, 5.74) is 6.65. The molecular formula is C14H12N4O2S. The molecule has 2 aromatic heterocycles. The fraction of sp³-hybridized carbons (Fsp3) is 0. The van der Waals surface area contributed by atoms with E-state index >= 15 is 0 Å². The first-order valence-electron chi connectivity index (χ1n) is 6.14. The molecule has 3 aromatic rings. The number of nitrogens with zero attached hydrogens (tertiary/aromatic N) is 2. The zero-order chi connectivity index (χ0) is 14.9. The summed E-state index contributed by atoms with van der Waals surface area (Å²) < 4.78 is 27.2. The van der Waals surface area contributed by atoms with E-state index in [1.165, 1.54) is 18.3 Å². The van der Waals surface area contributed by atoms with Crippen LogP contribution < -0.4 is 10.5 Å². The fourth-order valence-corrected chi connectivity index (χ4v) is 2.97. The Balaban J connectivity index is 2.03. The highest BCUT2D eigenvalue weighted by molar-refractivity contribution is 7.92. The molecule has 0 radical (unpaired) electrons. The van der Waals surface area contributed by atoms with Crippen molar-refractivity contribution in [1.29, 1.82) is 0 Å². The summed E-state index contributed by atoms with van der Waals surface area (Å²) in [6, 6.07) is 11.7. The van der Waals surface area contributed by atoms with Crippen LogP contribution in [0.25, 0.3) is 10.9 Å². The number of rotatable bonds is 3. The number of nitrogen functional groups attached to an aromatic ring is 1. The maximum absolute atomic E-state index is 12.3. The first-order chi connectivity index (χ1) is 10.1. The first kappa shape index (κ1) is 13.3. The molecule has 0 spiro atoms. The van der Waals surface area contributed by atoms with Crippen molar-refractivity contribution >= 4 is 32.4 Å². The molecule has 7 heteroatoms. The molecule has 2 heterocycles. The summed E-state index contributed by atoms with van der Waals surface area (Å²) in [6.45, 7) is 0. The van der Waals surface area contributed by atoms with Gasteiger partial charge in [-0.3, -0.25) is 9.71 Å². The Morgan fingerprint density at radius 2 is 1.86 bits per heavy atom. The first-order valence-corrected chi connectivity index (χ1v) is 7.63. The number of anilines is 2. The molecule has 0 aliphatic carbocycles. The third-order valence-corrected chi connectivity index (χ3v) is 4.31. The maximum Gasteiger partial charge on any atom is 0.263 e. The Morgan fingerprint density at radius 3 is 2.62 bits per heavy atom. The average Bonchev–Trinajstić information content (AvgIpc) is 2.48. The molecule has 3 rings (SSSR count). The van der Waals surface area contributed by atoms with Gasteiger partial charge in [-0.25, -0.2) is 13.4 Å². The van der Waals surface area contributed by atoms with Crippen LogP contribution >= 0.6 is 0 Å². The minimum absolute atomic E-state index is 0.0533. The largest absolute Gasteiger partial charge is 0.384 e. The number of pyridine rings is 2. The van der Waals surface area contributed by atoms with E-state index in [0.29, 0.717) is 11.2 Å². The van der Waals surface area contributed by atoms with Gasteiger partial charge in [0.05, 0.1) is 11.2 Å². The minimum Gasteiger partial charge on any atom is -0.384 e. The van der Waals surface area contributed by atoms with Crippen LogP contribution in [0.2, 0.25) is 0 Å². The van der Waals surface area contributed by atoms with E-state index in [2.05, 4.69) is 14.7 Å². The quantitative estimate of drug-likeness (QED) is 0.771. The average molecular weight is 300 g/mol. The lowest BCUT2D eigenvalue weighted by atomic mass is 10.2. The summed E-state index contributed by atoms with van der Waals surface area (Å²) in [6.07, 6.45) is 2.88. The minimum atomic E-state index is -3.72. The summed E-state index contributed by atoms with van der Waals surface area (Å²) in [4.78, 5) is 8.04. The van der Waals surface area contributed by atoms with Crippen molar-refractivity contribution in [1.82, 2.24) is 9.97 Å². The number of aromatic nitrogens is 2. The van der Waals surface area contributed by atoms with Crippen molar-refractivity contribution in [3.8, 4) is 0 Å². The highest BCUT2D eigenvalue weighted by atomic mass is 32.2. The van der Waals surface area contributed by atoms with E-state index in [1.807, 2.05) is 6.07 Å². The normalized spacial score (nSPS) is 11.4. The van der Waals surface area contributed by atoms with Crippen LogP contribution in [0.5, 0.6) is 0 Å². The number of hydrogen-bond acceptors (Lipinski definition) is 5. The van der Waals surface area contributed by atoms with Crippen LogP contribution in [0.4, 0.5) is 11.5 Å². The van der Waals surface area contributed by atoms with Crippen molar-refractivity contribution in [2.75, 3.05) is 10.5 Å². The Labute approximate surface area is 121 Å². The lowest BCUT2D eigenvalue weighted by Crippen LogP contribution is -2.13. The van der Waals surface area contributed by atoms with Gasteiger partial charge in [0.1, 0.15) is 10.7 Å². The summed E-state index contributed by atoms with van der Waals surface area (Å²) in [7, 11) is -3.72. The van der Waals surface area contributed by atoms with Crippen LogP contribution in [0.15, 0.2) is 59.8 Å². The predicted molar refractivity (Wildman–Crippen MR) is 81.2 cm³/mol. The molecule has 0 saturated carbocycles. The van der Waals surface area contributed by atoms with Gasteiger partial charge >= 0.3 is 0 Å². The zero-order valence-electron chi connectivity index (χ0n) is 10.9. The second-order valence-electron chi connectivity index (χ2n) is 4.40. The Hall–Kier alpha value is -2.67. The van der Waals surface area contributed by atoms with Gasteiger partial charge in [-0.05, 0) is 36.4 Å². The standard InChI is InChI=1S/C14H12N4O2S/c15-14-7-6-10(9-17-14)21(19,20)18-13-5-1-4-12-11(13)3-2-8-16-12/h1-9,18H,(H2,15,17). The molecule has 0 fully saturated rings. The molecule has 3 N–H and O–H groups in total. The molecule has 0 atom stereocenters. The highest BCUT2D eigenvalue weighted by Gasteiger charge is 2.15. The number of nitrogens with two attached hydrogens (primary N) is 1. The van der Waals surface area contributed by atoms with Gasteiger partial charge in [-0.15, -0.1) is 0 Å². The predicted octanol–water partition coefficient (Wildman–Crippen LogP) is 2.01. The van der Waals surface area contributed by atoms with Crippen molar-refractivity contribution in [3.63, 3.8) is 0 Å². The van der Waals surface area contributed by atoms with E-state index < -0.39 is 10.0 Å². The van der Waals surface area contributed by atoms with Gasteiger partial charge in [-0.1, -0.05) is 6.07 Å². The van der Waals surface area contributed by atoms with Crippen LogP contribution in [-0.2, 0) is 10.0 Å². The van der Waals surface area contributed by atoms with E-state index in [9.17, 15) is 8.42 Å². The van der Waals surface area contributed by atoms with Gasteiger partial charge in [0.15, 0.2) is 0 Å². The van der Waals surface area contributed by atoms with Gasteiger partial charge in [0, 0.05) is 17.8 Å². The third-order valence-electron chi connectivity index (χ3n) is 2.96. The number of hydrogen-bond donors (Lipinski definition) is 2. The molecule has 0 saturated heterocycles. The van der Waals surface area contributed by atoms with E-state index in [-0.39, 0.29) is 10.7 Å². The molecule has 0 bridgehead atoms. The Morgan fingerprint density at radius 1 is 1.00 bits per heavy atom. The van der Waals surface area contributed by atoms with Crippen LogP contribution in [0.3, 0.4) is 0 Å².